The Balaban J connectivity index is 2.68. The van der Waals surface area contributed by atoms with E-state index in [1.165, 1.54) is 0 Å². The number of hydrogen-bond acceptors (Lipinski definition) is 4. The molecule has 19 heavy (non-hydrogen) atoms. The number of unbranched alkanes of at least 4 members (excludes halogenated alkanes) is 1. The first-order valence-electron chi connectivity index (χ1n) is 6.37. The van der Waals surface area contributed by atoms with Gasteiger partial charge in [-0.1, -0.05) is 25.5 Å². The summed E-state index contributed by atoms with van der Waals surface area (Å²) >= 11 is 0. The van der Waals surface area contributed by atoms with Crippen molar-refractivity contribution in [3.63, 3.8) is 0 Å². The van der Waals surface area contributed by atoms with E-state index in [4.69, 9.17) is 10.2 Å². The number of nitrogens with one attached hydrogen (secondary N) is 1. The van der Waals surface area contributed by atoms with Crippen LogP contribution in [-0.4, -0.2) is 37.9 Å². The number of aliphatic hydroxyl groups is 2. The summed E-state index contributed by atoms with van der Waals surface area (Å²) in [6.07, 6.45) is 2.03. The standard InChI is InChI=1S/C13H21NO4S/c1-2-3-4-11-5-7-13(8-6-11)19(17,18)14-9-12(16)10-15/h5-8,12,14-16H,2-4,9-10H2,1H3. The highest BCUT2D eigenvalue weighted by molar-refractivity contribution is 7.89. The zero-order valence-corrected chi connectivity index (χ0v) is 11.9. The molecular formula is C13H21NO4S. The van der Waals surface area contributed by atoms with Gasteiger partial charge in [0.15, 0.2) is 0 Å². The zero-order chi connectivity index (χ0) is 14.3. The molecule has 1 aromatic carbocycles. The minimum Gasteiger partial charge on any atom is -0.394 e. The smallest absolute Gasteiger partial charge is 0.240 e. The van der Waals surface area contributed by atoms with Crippen LogP contribution in [0.1, 0.15) is 25.3 Å². The van der Waals surface area contributed by atoms with Crippen LogP contribution in [0.4, 0.5) is 0 Å². The van der Waals surface area contributed by atoms with E-state index in [0.717, 1.165) is 24.8 Å². The molecule has 0 saturated heterocycles. The van der Waals surface area contributed by atoms with Gasteiger partial charge < -0.3 is 10.2 Å². The molecule has 6 heteroatoms. The Morgan fingerprint density at radius 2 is 1.89 bits per heavy atom. The second-order valence-electron chi connectivity index (χ2n) is 4.44. The third-order valence-electron chi connectivity index (χ3n) is 2.77. The molecule has 3 N–H and O–H groups in total. The van der Waals surface area contributed by atoms with E-state index >= 15 is 0 Å². The van der Waals surface area contributed by atoms with Gasteiger partial charge in [0, 0.05) is 6.54 Å². The van der Waals surface area contributed by atoms with Crippen LogP contribution in [0.3, 0.4) is 0 Å². The first-order chi connectivity index (χ1) is 8.99. The van der Waals surface area contributed by atoms with Gasteiger partial charge >= 0.3 is 0 Å². The van der Waals surface area contributed by atoms with E-state index in [9.17, 15) is 8.42 Å². The van der Waals surface area contributed by atoms with Crippen molar-refractivity contribution < 1.29 is 18.6 Å². The van der Waals surface area contributed by atoms with Crippen molar-refractivity contribution in [3.8, 4) is 0 Å². The fourth-order valence-electron chi connectivity index (χ4n) is 1.57. The molecule has 0 bridgehead atoms. The monoisotopic (exact) mass is 287 g/mol. The summed E-state index contributed by atoms with van der Waals surface area (Å²) in [4.78, 5) is 0.165. The fraction of sp³-hybridized carbons (Fsp3) is 0.538. The Morgan fingerprint density at radius 3 is 2.42 bits per heavy atom. The number of rotatable bonds is 8. The Labute approximate surface area is 114 Å². The molecule has 1 rings (SSSR count). The van der Waals surface area contributed by atoms with E-state index in [2.05, 4.69) is 11.6 Å². The summed E-state index contributed by atoms with van der Waals surface area (Å²) < 4.78 is 26.0. The third-order valence-corrected chi connectivity index (χ3v) is 4.21. The maximum absolute atomic E-state index is 11.9. The van der Waals surface area contributed by atoms with Crippen molar-refractivity contribution in [2.45, 2.75) is 37.2 Å². The number of aliphatic hydroxyl groups excluding tert-OH is 2. The number of aryl methyl sites for hydroxylation is 1. The van der Waals surface area contributed by atoms with Crippen LogP contribution in [0.25, 0.3) is 0 Å². The van der Waals surface area contributed by atoms with Gasteiger partial charge in [0.2, 0.25) is 10.0 Å². The van der Waals surface area contributed by atoms with Crippen molar-refractivity contribution in [3.05, 3.63) is 29.8 Å². The summed E-state index contributed by atoms with van der Waals surface area (Å²) in [7, 11) is -3.62. The molecule has 0 aliphatic carbocycles. The number of sulfonamides is 1. The first-order valence-corrected chi connectivity index (χ1v) is 7.85. The van der Waals surface area contributed by atoms with E-state index in [1.807, 2.05) is 0 Å². The van der Waals surface area contributed by atoms with Gasteiger partial charge in [0.05, 0.1) is 17.6 Å². The normalized spacial score (nSPS) is 13.4. The molecule has 5 nitrogen and oxygen atoms in total. The molecule has 0 fully saturated rings. The largest absolute Gasteiger partial charge is 0.394 e. The van der Waals surface area contributed by atoms with Gasteiger partial charge in [0.1, 0.15) is 0 Å². The van der Waals surface area contributed by atoms with Crippen LogP contribution in [0.2, 0.25) is 0 Å². The number of hydrogen-bond donors (Lipinski definition) is 3. The van der Waals surface area contributed by atoms with Crippen LogP contribution in [0.15, 0.2) is 29.2 Å². The van der Waals surface area contributed by atoms with Gasteiger partial charge in [-0.2, -0.15) is 0 Å². The highest BCUT2D eigenvalue weighted by Gasteiger charge is 2.15. The molecule has 0 spiro atoms. The summed E-state index contributed by atoms with van der Waals surface area (Å²) in [6.45, 7) is 1.43. The van der Waals surface area contributed by atoms with Crippen molar-refractivity contribution in [1.29, 1.82) is 0 Å². The van der Waals surface area contributed by atoms with E-state index in [0.29, 0.717) is 0 Å². The van der Waals surface area contributed by atoms with E-state index in [-0.39, 0.29) is 11.4 Å². The van der Waals surface area contributed by atoms with Crippen LogP contribution in [0, 0.1) is 0 Å². The average Bonchev–Trinajstić information content (AvgIpc) is 2.43. The molecule has 1 aromatic rings. The lowest BCUT2D eigenvalue weighted by molar-refractivity contribution is 0.0988. The average molecular weight is 287 g/mol. The van der Waals surface area contributed by atoms with Gasteiger partial charge in [0.25, 0.3) is 0 Å². The predicted octanol–water partition coefficient (Wildman–Crippen LogP) is 0.661. The van der Waals surface area contributed by atoms with Gasteiger partial charge in [-0.3, -0.25) is 0 Å². The molecule has 1 unspecified atom stereocenters. The molecule has 0 amide bonds. The van der Waals surface area contributed by atoms with Crippen molar-refractivity contribution in [1.82, 2.24) is 4.72 Å². The second kappa shape index (κ2) is 7.59. The molecule has 0 aliphatic rings. The highest BCUT2D eigenvalue weighted by Crippen LogP contribution is 2.12. The summed E-state index contributed by atoms with van der Waals surface area (Å²) in [5, 5.41) is 17.8. The molecule has 108 valence electrons. The third kappa shape index (κ3) is 5.28. The van der Waals surface area contributed by atoms with Crippen molar-refractivity contribution in [2.75, 3.05) is 13.2 Å². The SMILES string of the molecule is CCCCc1ccc(S(=O)(=O)NCC(O)CO)cc1. The summed E-state index contributed by atoms with van der Waals surface area (Å²) in [5.74, 6) is 0. The maximum Gasteiger partial charge on any atom is 0.240 e. The molecule has 1 atom stereocenters. The second-order valence-corrected chi connectivity index (χ2v) is 6.20. The molecule has 0 aromatic heterocycles. The molecule has 0 radical (unpaired) electrons. The van der Waals surface area contributed by atoms with Crippen LogP contribution in [-0.2, 0) is 16.4 Å². The summed E-state index contributed by atoms with van der Waals surface area (Å²) in [6, 6.07) is 6.71. The van der Waals surface area contributed by atoms with Crippen molar-refractivity contribution >= 4 is 10.0 Å². The highest BCUT2D eigenvalue weighted by atomic mass is 32.2. The topological polar surface area (TPSA) is 86.6 Å². The lowest BCUT2D eigenvalue weighted by atomic mass is 10.1. The van der Waals surface area contributed by atoms with E-state index < -0.39 is 22.7 Å². The zero-order valence-electron chi connectivity index (χ0n) is 11.0. The quantitative estimate of drug-likeness (QED) is 0.655. The Bertz CT molecular complexity index is 470. The minimum absolute atomic E-state index is 0.165. The molecule has 0 aliphatic heterocycles. The predicted molar refractivity (Wildman–Crippen MR) is 73.3 cm³/mol. The molecule has 0 heterocycles. The number of benzene rings is 1. The van der Waals surface area contributed by atoms with Crippen LogP contribution >= 0.6 is 0 Å². The maximum atomic E-state index is 11.9. The lowest BCUT2D eigenvalue weighted by Crippen LogP contribution is -2.33. The molecule has 0 saturated carbocycles. The Kier molecular flexibility index (Phi) is 6.44. The van der Waals surface area contributed by atoms with Gasteiger partial charge in [-0.25, -0.2) is 13.1 Å². The van der Waals surface area contributed by atoms with Gasteiger partial charge in [-0.15, -0.1) is 0 Å². The lowest BCUT2D eigenvalue weighted by Gasteiger charge is -2.10. The fourth-order valence-corrected chi connectivity index (χ4v) is 2.64. The summed E-state index contributed by atoms with van der Waals surface area (Å²) in [5.41, 5.74) is 1.11. The Hall–Kier alpha value is -0.950. The van der Waals surface area contributed by atoms with E-state index in [1.54, 1.807) is 24.3 Å². The molecular weight excluding hydrogens is 266 g/mol. The first kappa shape index (κ1) is 16.1. The Morgan fingerprint density at radius 1 is 1.26 bits per heavy atom. The van der Waals surface area contributed by atoms with Crippen LogP contribution < -0.4 is 4.72 Å². The van der Waals surface area contributed by atoms with Crippen LogP contribution in [0.5, 0.6) is 0 Å². The minimum atomic E-state index is -3.62. The van der Waals surface area contributed by atoms with Crippen molar-refractivity contribution in [2.24, 2.45) is 0 Å². The van der Waals surface area contributed by atoms with Gasteiger partial charge in [-0.05, 0) is 30.5 Å².